The van der Waals surface area contributed by atoms with Gasteiger partial charge in [0.05, 0.1) is 0 Å². The van der Waals surface area contributed by atoms with Gasteiger partial charge in [0.2, 0.25) is 0 Å². The van der Waals surface area contributed by atoms with Gasteiger partial charge in [0.15, 0.2) is 5.88 Å². The molecule has 4 heteroatoms. The highest BCUT2D eigenvalue weighted by atomic mass is 16.5. The minimum atomic E-state index is 0.279. The van der Waals surface area contributed by atoms with E-state index < -0.39 is 0 Å². The van der Waals surface area contributed by atoms with Crippen molar-refractivity contribution in [1.82, 2.24) is 14.7 Å². The lowest BCUT2D eigenvalue weighted by Crippen LogP contribution is -2.37. The number of nitrogens with one attached hydrogen (secondary N) is 1. The molecule has 1 fully saturated rings. The molecule has 16 heavy (non-hydrogen) atoms. The van der Waals surface area contributed by atoms with E-state index in [-0.39, 0.29) is 6.10 Å². The van der Waals surface area contributed by atoms with Crippen molar-refractivity contribution >= 4 is 5.65 Å². The van der Waals surface area contributed by atoms with Crippen LogP contribution in [0.1, 0.15) is 12.8 Å². The average molecular weight is 217 g/mol. The molecule has 0 amide bonds. The molecule has 0 spiro atoms. The number of nitrogens with zero attached hydrogens (tertiary/aromatic N) is 2. The number of piperidine rings is 1. The van der Waals surface area contributed by atoms with Gasteiger partial charge < -0.3 is 10.1 Å². The first-order valence-electron chi connectivity index (χ1n) is 5.73. The highest BCUT2D eigenvalue weighted by Crippen LogP contribution is 2.17. The van der Waals surface area contributed by atoms with Gasteiger partial charge >= 0.3 is 0 Å². The van der Waals surface area contributed by atoms with E-state index in [1.54, 1.807) is 6.20 Å². The second-order valence-corrected chi connectivity index (χ2v) is 4.11. The number of hydrogen-bond donors (Lipinski definition) is 1. The molecule has 0 aromatic carbocycles. The van der Waals surface area contributed by atoms with Gasteiger partial charge in [-0.1, -0.05) is 6.07 Å². The summed E-state index contributed by atoms with van der Waals surface area (Å²) in [6.07, 6.45) is 6.31. The van der Waals surface area contributed by atoms with Crippen molar-refractivity contribution in [2.75, 3.05) is 13.1 Å². The third-order valence-electron chi connectivity index (χ3n) is 2.93. The molecule has 1 aliphatic heterocycles. The Morgan fingerprint density at radius 2 is 2.44 bits per heavy atom. The van der Waals surface area contributed by atoms with Gasteiger partial charge in [-0.05, 0) is 31.5 Å². The highest BCUT2D eigenvalue weighted by Gasteiger charge is 2.15. The maximum Gasteiger partial charge on any atom is 0.199 e. The van der Waals surface area contributed by atoms with Gasteiger partial charge in [-0.2, -0.15) is 0 Å². The number of pyridine rings is 1. The van der Waals surface area contributed by atoms with Crippen molar-refractivity contribution in [1.29, 1.82) is 0 Å². The average Bonchev–Trinajstić information content (AvgIpc) is 2.80. The largest absolute Gasteiger partial charge is 0.474 e. The molecular formula is C12H15N3O. The summed E-state index contributed by atoms with van der Waals surface area (Å²) in [6, 6.07) is 5.95. The van der Waals surface area contributed by atoms with Crippen molar-refractivity contribution in [3.63, 3.8) is 0 Å². The molecule has 3 heterocycles. The second kappa shape index (κ2) is 4.14. The van der Waals surface area contributed by atoms with Crippen LogP contribution in [-0.2, 0) is 0 Å². The lowest BCUT2D eigenvalue weighted by atomic mass is 10.1. The lowest BCUT2D eigenvalue weighted by molar-refractivity contribution is 0.158. The van der Waals surface area contributed by atoms with Crippen LogP contribution >= 0.6 is 0 Å². The van der Waals surface area contributed by atoms with Gasteiger partial charge in [-0.3, -0.25) is 4.40 Å². The Morgan fingerprint density at radius 3 is 3.31 bits per heavy atom. The summed E-state index contributed by atoms with van der Waals surface area (Å²) in [5.41, 5.74) is 0.932. The normalized spacial score (nSPS) is 21.1. The zero-order valence-electron chi connectivity index (χ0n) is 9.10. The van der Waals surface area contributed by atoms with Crippen LogP contribution in [-0.4, -0.2) is 28.6 Å². The Bertz CT molecular complexity index is 474. The maximum absolute atomic E-state index is 5.99. The molecule has 2 aromatic heterocycles. The Balaban J connectivity index is 1.85. The zero-order valence-corrected chi connectivity index (χ0v) is 9.10. The molecule has 0 radical (unpaired) electrons. The first-order chi connectivity index (χ1) is 7.93. The van der Waals surface area contributed by atoms with Crippen LogP contribution in [0.15, 0.2) is 30.6 Å². The van der Waals surface area contributed by atoms with Gasteiger partial charge in [0.1, 0.15) is 11.8 Å². The fourth-order valence-corrected chi connectivity index (χ4v) is 2.11. The Labute approximate surface area is 94.3 Å². The molecule has 1 saturated heterocycles. The minimum Gasteiger partial charge on any atom is -0.474 e. The Morgan fingerprint density at radius 1 is 1.44 bits per heavy atom. The summed E-state index contributed by atoms with van der Waals surface area (Å²) in [4.78, 5) is 4.24. The number of ether oxygens (including phenoxy) is 1. The number of rotatable bonds is 2. The molecule has 0 bridgehead atoms. The minimum absolute atomic E-state index is 0.279. The molecule has 1 aliphatic rings. The summed E-state index contributed by atoms with van der Waals surface area (Å²) in [6.45, 7) is 2.04. The third-order valence-corrected chi connectivity index (χ3v) is 2.93. The van der Waals surface area contributed by atoms with E-state index in [1.165, 1.54) is 6.42 Å². The summed E-state index contributed by atoms with van der Waals surface area (Å²) < 4.78 is 7.97. The standard InChI is InChI=1S/C12H15N3O/c1-4-11-14-7-8-15(11)12(5-1)16-10-3-2-6-13-9-10/h1,4-5,7-8,10,13H,2-3,6,9H2. The summed E-state index contributed by atoms with van der Waals surface area (Å²) in [5, 5.41) is 3.35. The smallest absolute Gasteiger partial charge is 0.199 e. The van der Waals surface area contributed by atoms with Crippen molar-refractivity contribution < 1.29 is 4.74 Å². The van der Waals surface area contributed by atoms with E-state index >= 15 is 0 Å². The molecule has 84 valence electrons. The van der Waals surface area contributed by atoms with E-state index in [1.807, 2.05) is 28.8 Å². The monoisotopic (exact) mass is 217 g/mol. The van der Waals surface area contributed by atoms with Gasteiger partial charge in [-0.25, -0.2) is 4.98 Å². The predicted molar refractivity (Wildman–Crippen MR) is 61.7 cm³/mol. The fraction of sp³-hybridized carbons (Fsp3) is 0.417. The Kier molecular flexibility index (Phi) is 2.50. The van der Waals surface area contributed by atoms with Crippen LogP contribution < -0.4 is 10.1 Å². The molecule has 2 aromatic rings. The van der Waals surface area contributed by atoms with Gasteiger partial charge in [-0.15, -0.1) is 0 Å². The number of hydrogen-bond acceptors (Lipinski definition) is 3. The topological polar surface area (TPSA) is 38.6 Å². The zero-order chi connectivity index (χ0) is 10.8. The molecule has 0 aliphatic carbocycles. The quantitative estimate of drug-likeness (QED) is 0.827. The molecule has 1 atom stereocenters. The van der Waals surface area contributed by atoms with E-state index in [2.05, 4.69) is 10.3 Å². The number of fused-ring (bicyclic) bond motifs is 1. The number of imidazole rings is 1. The maximum atomic E-state index is 5.99. The molecular weight excluding hydrogens is 202 g/mol. The first kappa shape index (κ1) is 9.66. The molecule has 4 nitrogen and oxygen atoms in total. The summed E-state index contributed by atoms with van der Waals surface area (Å²) >= 11 is 0. The molecule has 3 rings (SSSR count). The van der Waals surface area contributed by atoms with Crippen molar-refractivity contribution in [3.8, 4) is 5.88 Å². The van der Waals surface area contributed by atoms with Crippen LogP contribution in [0.25, 0.3) is 5.65 Å². The van der Waals surface area contributed by atoms with Crippen molar-refractivity contribution in [2.24, 2.45) is 0 Å². The van der Waals surface area contributed by atoms with E-state index in [0.29, 0.717) is 0 Å². The van der Waals surface area contributed by atoms with Crippen molar-refractivity contribution in [2.45, 2.75) is 18.9 Å². The van der Waals surface area contributed by atoms with Crippen LogP contribution in [0.5, 0.6) is 5.88 Å². The second-order valence-electron chi connectivity index (χ2n) is 4.11. The SMILES string of the molecule is c1cc(OC2CCCNC2)n2ccnc2c1. The predicted octanol–water partition coefficient (Wildman–Crippen LogP) is 1.47. The summed E-state index contributed by atoms with van der Waals surface area (Å²) in [7, 11) is 0. The van der Waals surface area contributed by atoms with Crippen LogP contribution in [0, 0.1) is 0 Å². The first-order valence-corrected chi connectivity index (χ1v) is 5.73. The third kappa shape index (κ3) is 1.76. The molecule has 1 N–H and O–H groups in total. The lowest BCUT2D eigenvalue weighted by Gasteiger charge is -2.24. The molecule has 1 unspecified atom stereocenters. The summed E-state index contributed by atoms with van der Waals surface area (Å²) in [5.74, 6) is 0.878. The van der Waals surface area contributed by atoms with Gasteiger partial charge in [0.25, 0.3) is 0 Å². The van der Waals surface area contributed by atoms with E-state index in [0.717, 1.165) is 31.0 Å². The van der Waals surface area contributed by atoms with Crippen LogP contribution in [0.2, 0.25) is 0 Å². The Hall–Kier alpha value is -1.55. The fourth-order valence-electron chi connectivity index (χ4n) is 2.11. The van der Waals surface area contributed by atoms with E-state index in [9.17, 15) is 0 Å². The van der Waals surface area contributed by atoms with Crippen LogP contribution in [0.3, 0.4) is 0 Å². The highest BCUT2D eigenvalue weighted by molar-refractivity contribution is 5.41. The van der Waals surface area contributed by atoms with Gasteiger partial charge in [0, 0.05) is 18.9 Å². The number of aromatic nitrogens is 2. The van der Waals surface area contributed by atoms with Crippen molar-refractivity contribution in [3.05, 3.63) is 30.6 Å². The van der Waals surface area contributed by atoms with Crippen LogP contribution in [0.4, 0.5) is 0 Å². The molecule has 0 saturated carbocycles. The van der Waals surface area contributed by atoms with E-state index in [4.69, 9.17) is 4.74 Å².